The molecular formula is C18H32N3NaO3. The number of rotatable bonds is 13. The van der Waals surface area contributed by atoms with Crippen LogP contribution in [0.5, 0.6) is 0 Å². The molecule has 1 aromatic rings. The van der Waals surface area contributed by atoms with Crippen LogP contribution in [0.1, 0.15) is 76.8 Å². The number of aromatic nitrogens is 2. The van der Waals surface area contributed by atoms with E-state index in [1.54, 1.807) is 6.20 Å². The van der Waals surface area contributed by atoms with Crippen molar-refractivity contribution in [2.24, 2.45) is 5.73 Å². The Kier molecular flexibility index (Phi) is 15.1. The quantitative estimate of drug-likeness (QED) is 0.244. The second-order valence-corrected chi connectivity index (χ2v) is 6.24. The number of carbonyl (C=O) groups is 2. The summed E-state index contributed by atoms with van der Waals surface area (Å²) in [6.45, 7) is 2.22. The number of nitrogens with two attached hydrogens (primary N) is 1. The first-order valence-electron chi connectivity index (χ1n) is 9.11. The van der Waals surface area contributed by atoms with Crippen molar-refractivity contribution in [3.8, 4) is 0 Å². The summed E-state index contributed by atoms with van der Waals surface area (Å²) in [5.41, 5.74) is 6.39. The molecule has 0 spiro atoms. The number of hydrogen-bond donors (Lipinski definition) is 2. The summed E-state index contributed by atoms with van der Waals surface area (Å²) in [5, 5.41) is 0. The predicted octanol–water partition coefficient (Wildman–Crippen LogP) is 2.62. The van der Waals surface area contributed by atoms with Crippen LogP contribution in [-0.4, -0.2) is 57.5 Å². The van der Waals surface area contributed by atoms with Gasteiger partial charge in [0.2, 0.25) is 0 Å². The number of imidazole rings is 1. The van der Waals surface area contributed by atoms with Crippen molar-refractivity contribution >= 4 is 41.5 Å². The molecule has 6 nitrogen and oxygen atoms in total. The molecule has 1 heterocycles. The van der Waals surface area contributed by atoms with E-state index in [4.69, 9.17) is 10.5 Å². The van der Waals surface area contributed by atoms with Gasteiger partial charge in [-0.2, -0.15) is 0 Å². The Balaban J connectivity index is 0.00000576. The molecule has 7 heteroatoms. The van der Waals surface area contributed by atoms with Crippen molar-refractivity contribution < 1.29 is 14.3 Å². The van der Waals surface area contributed by atoms with Crippen molar-refractivity contribution in [1.29, 1.82) is 0 Å². The Morgan fingerprint density at radius 1 is 1.12 bits per heavy atom. The first-order chi connectivity index (χ1) is 11.6. The third kappa shape index (κ3) is 12.3. The summed E-state index contributed by atoms with van der Waals surface area (Å²) in [6, 6.07) is -0.861. The minimum atomic E-state index is -0.861. The summed E-state index contributed by atoms with van der Waals surface area (Å²) >= 11 is 0. The van der Waals surface area contributed by atoms with Gasteiger partial charge >= 0.3 is 41.5 Å². The number of esters is 2. The second kappa shape index (κ2) is 15.6. The molecule has 0 aliphatic rings. The SMILES string of the molecule is CCCCCCCCCCCC(=O)OC(=O)C(N)Cc1c[nH]cn1.[NaH]. The first kappa shape index (κ1) is 24.3. The second-order valence-electron chi connectivity index (χ2n) is 6.24. The number of nitrogens with one attached hydrogen (secondary N) is 1. The maximum atomic E-state index is 11.7. The fraction of sp³-hybridized carbons (Fsp3) is 0.722. The van der Waals surface area contributed by atoms with E-state index in [9.17, 15) is 9.59 Å². The van der Waals surface area contributed by atoms with Crippen LogP contribution in [-0.2, 0) is 20.7 Å². The van der Waals surface area contributed by atoms with Gasteiger partial charge in [-0.3, -0.25) is 4.79 Å². The molecule has 138 valence electrons. The van der Waals surface area contributed by atoms with Gasteiger partial charge in [-0.05, 0) is 6.42 Å². The zero-order valence-corrected chi connectivity index (χ0v) is 14.8. The van der Waals surface area contributed by atoms with Crippen LogP contribution in [0.3, 0.4) is 0 Å². The Morgan fingerprint density at radius 3 is 2.28 bits per heavy atom. The van der Waals surface area contributed by atoms with E-state index >= 15 is 0 Å². The number of aromatic amines is 1. The fourth-order valence-electron chi connectivity index (χ4n) is 2.53. The van der Waals surface area contributed by atoms with Gasteiger partial charge in [-0.15, -0.1) is 0 Å². The molecule has 0 saturated heterocycles. The zero-order valence-electron chi connectivity index (χ0n) is 14.8. The van der Waals surface area contributed by atoms with Gasteiger partial charge < -0.3 is 15.5 Å². The van der Waals surface area contributed by atoms with Crippen molar-refractivity contribution in [2.45, 2.75) is 83.6 Å². The number of H-pyrrole nitrogens is 1. The average molecular weight is 361 g/mol. The minimum absolute atomic E-state index is 0. The number of nitrogens with zero attached hydrogens (tertiary/aromatic N) is 1. The Morgan fingerprint density at radius 2 is 1.72 bits per heavy atom. The molecule has 0 aliphatic heterocycles. The number of ether oxygens (including phenoxy) is 1. The van der Waals surface area contributed by atoms with Gasteiger partial charge in [-0.25, -0.2) is 9.78 Å². The van der Waals surface area contributed by atoms with Crippen LogP contribution in [0.2, 0.25) is 0 Å². The summed E-state index contributed by atoms with van der Waals surface area (Å²) in [6.07, 6.45) is 14.3. The van der Waals surface area contributed by atoms with E-state index < -0.39 is 18.0 Å². The molecule has 25 heavy (non-hydrogen) atoms. The van der Waals surface area contributed by atoms with E-state index in [1.807, 2.05) is 0 Å². The maximum absolute atomic E-state index is 11.7. The molecule has 1 aromatic heterocycles. The molecule has 3 N–H and O–H groups in total. The molecule has 1 unspecified atom stereocenters. The third-order valence-corrected chi connectivity index (χ3v) is 3.99. The molecule has 1 atom stereocenters. The fourth-order valence-corrected chi connectivity index (χ4v) is 2.53. The first-order valence-corrected chi connectivity index (χ1v) is 9.11. The summed E-state index contributed by atoms with van der Waals surface area (Å²) in [4.78, 5) is 30.2. The topological polar surface area (TPSA) is 98.1 Å². The Labute approximate surface area is 173 Å². The van der Waals surface area contributed by atoms with Gasteiger partial charge in [0.1, 0.15) is 6.04 Å². The number of carbonyl (C=O) groups excluding carboxylic acids is 2. The van der Waals surface area contributed by atoms with Crippen LogP contribution in [0.4, 0.5) is 0 Å². The molecule has 0 amide bonds. The normalized spacial score (nSPS) is 11.6. The molecule has 0 aromatic carbocycles. The van der Waals surface area contributed by atoms with Crippen LogP contribution in [0.15, 0.2) is 12.5 Å². The van der Waals surface area contributed by atoms with E-state index in [2.05, 4.69) is 16.9 Å². The van der Waals surface area contributed by atoms with Gasteiger partial charge in [0.05, 0.1) is 12.0 Å². The van der Waals surface area contributed by atoms with Gasteiger partial charge in [0, 0.05) is 19.0 Å². The Bertz CT molecular complexity index is 466. The standard InChI is InChI=1S/C18H31N3O3.Na.H/c1-2-3-4-5-6-7-8-9-10-11-17(22)24-18(23)16(19)12-15-13-20-14-21-15;;/h13-14,16H,2-12,19H2,1H3,(H,20,21);;. The molecule has 1 rings (SSSR count). The van der Waals surface area contributed by atoms with E-state index in [-0.39, 0.29) is 42.4 Å². The average Bonchev–Trinajstić information content (AvgIpc) is 3.06. The third-order valence-electron chi connectivity index (χ3n) is 3.99. The predicted molar refractivity (Wildman–Crippen MR) is 100 cm³/mol. The van der Waals surface area contributed by atoms with Crippen LogP contribution in [0.25, 0.3) is 0 Å². The van der Waals surface area contributed by atoms with Gasteiger partial charge in [0.15, 0.2) is 0 Å². The number of hydrogen-bond acceptors (Lipinski definition) is 5. The summed E-state index contributed by atoms with van der Waals surface area (Å²) in [7, 11) is 0. The van der Waals surface area contributed by atoms with Crippen LogP contribution >= 0.6 is 0 Å². The van der Waals surface area contributed by atoms with Crippen molar-refractivity contribution in [1.82, 2.24) is 9.97 Å². The number of unbranched alkanes of at least 4 members (excludes halogenated alkanes) is 8. The molecule has 0 aliphatic carbocycles. The molecule has 0 saturated carbocycles. The van der Waals surface area contributed by atoms with E-state index in [0.29, 0.717) is 5.69 Å². The molecule has 0 fully saturated rings. The van der Waals surface area contributed by atoms with Gasteiger partial charge in [-0.1, -0.05) is 58.3 Å². The van der Waals surface area contributed by atoms with Gasteiger partial charge in [0.25, 0.3) is 0 Å². The van der Waals surface area contributed by atoms with E-state index in [0.717, 1.165) is 19.3 Å². The van der Waals surface area contributed by atoms with Crippen molar-refractivity contribution in [3.63, 3.8) is 0 Å². The summed E-state index contributed by atoms with van der Waals surface area (Å²) < 4.78 is 4.79. The molecule has 0 bridgehead atoms. The molecular weight excluding hydrogens is 329 g/mol. The zero-order chi connectivity index (χ0) is 17.6. The summed E-state index contributed by atoms with van der Waals surface area (Å²) in [5.74, 6) is -1.17. The van der Waals surface area contributed by atoms with Crippen LogP contribution < -0.4 is 5.73 Å². The molecule has 0 radical (unpaired) electrons. The van der Waals surface area contributed by atoms with Crippen molar-refractivity contribution in [2.75, 3.05) is 0 Å². The van der Waals surface area contributed by atoms with Crippen molar-refractivity contribution in [3.05, 3.63) is 18.2 Å². The van der Waals surface area contributed by atoms with Crippen LogP contribution in [0, 0.1) is 0 Å². The Hall–Kier alpha value is -0.690. The monoisotopic (exact) mass is 361 g/mol. The van der Waals surface area contributed by atoms with E-state index in [1.165, 1.54) is 44.9 Å².